The third-order valence-corrected chi connectivity index (χ3v) is 6.08. The molecule has 1 aliphatic rings. The molecule has 1 aliphatic heterocycles. The van der Waals surface area contributed by atoms with Crippen molar-refractivity contribution in [1.29, 1.82) is 0 Å². The summed E-state index contributed by atoms with van der Waals surface area (Å²) in [4.78, 5) is 0. The molecule has 0 aliphatic carbocycles. The van der Waals surface area contributed by atoms with E-state index in [4.69, 9.17) is 26.2 Å². The minimum absolute atomic E-state index is 0.204. The van der Waals surface area contributed by atoms with Crippen LogP contribution < -0.4 is 4.74 Å². The van der Waals surface area contributed by atoms with Crippen molar-refractivity contribution in [3.8, 4) is 22.7 Å². The van der Waals surface area contributed by atoms with E-state index in [-0.39, 0.29) is 16.8 Å². The summed E-state index contributed by atoms with van der Waals surface area (Å²) in [5.74, 6) is 1.11. The molecule has 2 heterocycles. The quantitative estimate of drug-likeness (QED) is 0.393. The van der Waals surface area contributed by atoms with Gasteiger partial charge < -0.3 is 9.47 Å². The molecule has 0 amide bonds. The average Bonchev–Trinajstić information content (AvgIpc) is 3.11. The maximum atomic E-state index is 6.34. The molecule has 0 spiro atoms. The normalized spacial score (nSPS) is 18.3. The van der Waals surface area contributed by atoms with E-state index in [0.29, 0.717) is 5.92 Å². The van der Waals surface area contributed by atoms with Crippen molar-refractivity contribution in [3.05, 3.63) is 65.3 Å². The lowest BCUT2D eigenvalue weighted by molar-refractivity contribution is -0.162. The summed E-state index contributed by atoms with van der Waals surface area (Å²) in [6.07, 6.45) is 1.85. The van der Waals surface area contributed by atoms with Crippen LogP contribution in [0.5, 0.6) is 5.75 Å². The summed E-state index contributed by atoms with van der Waals surface area (Å²) in [5, 5.41) is 5.89. The molecule has 2 aromatic carbocycles. The molecule has 0 bridgehead atoms. The lowest BCUT2D eigenvalue weighted by Gasteiger charge is -2.45. The van der Waals surface area contributed by atoms with Crippen LogP contribution in [0.15, 0.2) is 54.6 Å². The molecule has 4 nitrogen and oxygen atoms in total. The zero-order valence-electron chi connectivity index (χ0n) is 20.8. The first-order valence-electron chi connectivity index (χ1n) is 11.7. The first kappa shape index (κ1) is 23.8. The Morgan fingerprint density at radius 2 is 1.58 bits per heavy atom. The highest BCUT2D eigenvalue weighted by atomic mass is 35.5. The van der Waals surface area contributed by atoms with E-state index in [1.807, 2.05) is 47.1 Å². The van der Waals surface area contributed by atoms with Gasteiger partial charge in [-0.15, -0.1) is 0 Å². The van der Waals surface area contributed by atoms with E-state index in [2.05, 4.69) is 60.6 Å². The predicted octanol–water partition coefficient (Wildman–Crippen LogP) is 7.82. The van der Waals surface area contributed by atoms with Crippen molar-refractivity contribution in [1.82, 2.24) is 9.78 Å². The van der Waals surface area contributed by atoms with Crippen molar-refractivity contribution in [2.24, 2.45) is 0 Å². The number of halogens is 1. The van der Waals surface area contributed by atoms with Crippen molar-refractivity contribution >= 4 is 11.6 Å². The fourth-order valence-electron chi connectivity index (χ4n) is 4.96. The van der Waals surface area contributed by atoms with Gasteiger partial charge >= 0.3 is 0 Å². The molecule has 0 unspecified atom stereocenters. The zero-order chi connectivity index (χ0) is 24.0. The van der Waals surface area contributed by atoms with Crippen LogP contribution in [-0.4, -0.2) is 26.6 Å². The van der Waals surface area contributed by atoms with Crippen LogP contribution in [0, 0.1) is 0 Å². The van der Waals surface area contributed by atoms with Crippen LogP contribution in [0.2, 0.25) is 5.02 Å². The molecule has 33 heavy (non-hydrogen) atoms. The van der Waals surface area contributed by atoms with Gasteiger partial charge in [0, 0.05) is 16.5 Å². The van der Waals surface area contributed by atoms with Gasteiger partial charge in [-0.2, -0.15) is 5.10 Å². The molecule has 4 rings (SSSR count). The monoisotopic (exact) mass is 466 g/mol. The molecule has 3 aromatic rings. The van der Waals surface area contributed by atoms with E-state index >= 15 is 0 Å². The Balaban J connectivity index is 1.85. The van der Waals surface area contributed by atoms with E-state index in [0.717, 1.165) is 46.3 Å². The van der Waals surface area contributed by atoms with Gasteiger partial charge in [-0.05, 0) is 91.6 Å². The molecule has 0 N–H and O–H groups in total. The summed E-state index contributed by atoms with van der Waals surface area (Å²) in [6.45, 7) is 14.9. The number of hydrogen-bond acceptors (Lipinski definition) is 3. The summed E-state index contributed by atoms with van der Waals surface area (Å²) in [6, 6.07) is 18.3. The molecule has 176 valence electrons. The maximum Gasteiger partial charge on any atom is 0.145 e. The minimum Gasteiger partial charge on any atom is -0.486 e. The third kappa shape index (κ3) is 5.62. The van der Waals surface area contributed by atoms with Gasteiger partial charge in [0.05, 0.1) is 22.6 Å². The number of ether oxygens (including phenoxy) is 2. The van der Waals surface area contributed by atoms with Crippen LogP contribution in [0.3, 0.4) is 0 Å². The molecule has 0 radical (unpaired) electrons. The van der Waals surface area contributed by atoms with Crippen LogP contribution in [0.1, 0.15) is 72.9 Å². The summed E-state index contributed by atoms with van der Waals surface area (Å²) in [5.41, 5.74) is 3.36. The van der Waals surface area contributed by atoms with Gasteiger partial charge in [-0.1, -0.05) is 35.9 Å². The lowest BCUT2D eigenvalue weighted by Crippen LogP contribution is -2.44. The van der Waals surface area contributed by atoms with Crippen LogP contribution in [0.4, 0.5) is 0 Å². The highest BCUT2D eigenvalue weighted by Crippen LogP contribution is 2.44. The maximum absolute atomic E-state index is 6.34. The molecular weight excluding hydrogens is 432 g/mol. The van der Waals surface area contributed by atoms with Gasteiger partial charge in [0.2, 0.25) is 0 Å². The van der Waals surface area contributed by atoms with Gasteiger partial charge in [-0.3, -0.25) is 0 Å². The number of rotatable bonds is 4. The fourth-order valence-corrected chi connectivity index (χ4v) is 5.08. The highest BCUT2D eigenvalue weighted by Gasteiger charge is 2.41. The van der Waals surface area contributed by atoms with Gasteiger partial charge in [0.25, 0.3) is 0 Å². The smallest absolute Gasteiger partial charge is 0.145 e. The third-order valence-electron chi connectivity index (χ3n) is 5.82. The first-order valence-corrected chi connectivity index (χ1v) is 12.0. The molecule has 0 saturated carbocycles. The van der Waals surface area contributed by atoms with Gasteiger partial charge in [0.1, 0.15) is 17.0 Å². The Labute approximate surface area is 202 Å². The second-order valence-corrected chi connectivity index (χ2v) is 11.7. The topological polar surface area (TPSA) is 36.3 Å². The second-order valence-electron chi connectivity index (χ2n) is 11.3. The van der Waals surface area contributed by atoms with Crippen molar-refractivity contribution in [2.75, 3.05) is 0 Å². The summed E-state index contributed by atoms with van der Waals surface area (Å²) < 4.78 is 14.7. The van der Waals surface area contributed by atoms with Crippen LogP contribution in [0.25, 0.3) is 16.9 Å². The van der Waals surface area contributed by atoms with E-state index in [1.54, 1.807) is 0 Å². The first-order chi connectivity index (χ1) is 15.3. The largest absolute Gasteiger partial charge is 0.486 e. The van der Waals surface area contributed by atoms with Crippen molar-refractivity contribution in [2.45, 2.75) is 84.0 Å². The van der Waals surface area contributed by atoms with Crippen molar-refractivity contribution in [3.63, 3.8) is 0 Å². The Morgan fingerprint density at radius 1 is 0.970 bits per heavy atom. The number of aromatic nitrogens is 2. The molecule has 1 aromatic heterocycles. The number of para-hydroxylation sites is 2. The van der Waals surface area contributed by atoms with E-state index in [1.165, 1.54) is 0 Å². The Bertz CT molecular complexity index is 1110. The summed E-state index contributed by atoms with van der Waals surface area (Å²) >= 11 is 6.19. The molecule has 0 atom stereocenters. The van der Waals surface area contributed by atoms with Crippen LogP contribution >= 0.6 is 11.6 Å². The Kier molecular flexibility index (Phi) is 6.13. The zero-order valence-corrected chi connectivity index (χ0v) is 21.5. The fraction of sp³-hybridized carbons (Fsp3) is 0.464. The lowest BCUT2D eigenvalue weighted by atomic mass is 9.79. The number of nitrogens with zero attached hydrogens (tertiary/aromatic N) is 2. The SMILES string of the molecule is CC(C)(C)Oc1ccccc1-n1nc(C2CC(C)(C)OC(C)(C)C2)cc1-c1ccc(Cl)cc1. The Morgan fingerprint density at radius 3 is 2.18 bits per heavy atom. The summed E-state index contributed by atoms with van der Waals surface area (Å²) in [7, 11) is 0. The number of benzene rings is 2. The van der Waals surface area contributed by atoms with Crippen molar-refractivity contribution < 1.29 is 9.47 Å². The standard InChI is InChI=1S/C28H35ClN2O2/c1-26(2,3)32-25-11-9-8-10-23(25)31-24(19-12-14-21(29)15-13-19)16-22(30-31)20-17-27(4,5)33-28(6,7)18-20/h8-16,20H,17-18H2,1-7H3. The highest BCUT2D eigenvalue weighted by molar-refractivity contribution is 6.30. The molecular formula is C28H35ClN2O2. The number of hydrogen-bond donors (Lipinski definition) is 0. The average molecular weight is 467 g/mol. The second kappa shape index (κ2) is 8.48. The van der Waals surface area contributed by atoms with Gasteiger partial charge in [-0.25, -0.2) is 4.68 Å². The van der Waals surface area contributed by atoms with E-state index in [9.17, 15) is 0 Å². The Hall–Kier alpha value is -2.30. The molecule has 1 saturated heterocycles. The van der Waals surface area contributed by atoms with E-state index < -0.39 is 0 Å². The predicted molar refractivity (Wildman–Crippen MR) is 136 cm³/mol. The minimum atomic E-state index is -0.318. The molecule has 1 fully saturated rings. The van der Waals surface area contributed by atoms with Crippen LogP contribution in [-0.2, 0) is 4.74 Å². The molecule has 5 heteroatoms. The van der Waals surface area contributed by atoms with Gasteiger partial charge in [0.15, 0.2) is 0 Å².